The molecular formula is C7H5BrClNO2. The van der Waals surface area contributed by atoms with Crippen LogP contribution >= 0.6 is 27.5 Å². The molecule has 1 aromatic carbocycles. The van der Waals surface area contributed by atoms with Gasteiger partial charge in [0.25, 0.3) is 6.47 Å². The SMILES string of the molecule is Nc1c(Br)cc(Cl)cc1OC=O. The number of nitrogen functional groups attached to an aromatic ring is 1. The number of benzene rings is 1. The minimum absolute atomic E-state index is 0.254. The summed E-state index contributed by atoms with van der Waals surface area (Å²) in [5.74, 6) is 0.254. The summed E-state index contributed by atoms with van der Waals surface area (Å²) in [5, 5.41) is 0.452. The summed E-state index contributed by atoms with van der Waals surface area (Å²) in [7, 11) is 0. The van der Waals surface area contributed by atoms with Crippen molar-refractivity contribution in [1.82, 2.24) is 0 Å². The van der Waals surface area contributed by atoms with E-state index >= 15 is 0 Å². The van der Waals surface area contributed by atoms with Crippen molar-refractivity contribution < 1.29 is 9.53 Å². The molecule has 0 saturated heterocycles. The molecule has 0 atom stereocenters. The van der Waals surface area contributed by atoms with E-state index in [-0.39, 0.29) is 5.75 Å². The maximum atomic E-state index is 10.0. The third-order valence-electron chi connectivity index (χ3n) is 1.23. The first-order valence-corrected chi connectivity index (χ1v) is 4.17. The highest BCUT2D eigenvalue weighted by molar-refractivity contribution is 9.10. The summed E-state index contributed by atoms with van der Waals surface area (Å²) in [5.41, 5.74) is 5.90. The minimum atomic E-state index is 0.254. The minimum Gasteiger partial charge on any atom is -0.426 e. The number of ether oxygens (including phenoxy) is 1. The number of nitrogens with two attached hydrogens (primary N) is 1. The molecule has 1 rings (SSSR count). The zero-order valence-corrected chi connectivity index (χ0v) is 8.22. The lowest BCUT2D eigenvalue weighted by Gasteiger charge is -2.04. The van der Waals surface area contributed by atoms with Crippen molar-refractivity contribution in [3.8, 4) is 5.75 Å². The Hall–Kier alpha value is -0.740. The second-order valence-electron chi connectivity index (χ2n) is 2.01. The van der Waals surface area contributed by atoms with Crippen LogP contribution in [0, 0.1) is 0 Å². The summed E-state index contributed by atoms with van der Waals surface area (Å²) >= 11 is 8.84. The van der Waals surface area contributed by atoms with Gasteiger partial charge in [0.05, 0.1) is 5.69 Å². The molecule has 0 bridgehead atoms. The molecule has 2 N–H and O–H groups in total. The molecule has 0 fully saturated rings. The van der Waals surface area contributed by atoms with Crippen molar-refractivity contribution in [2.75, 3.05) is 5.73 Å². The second-order valence-corrected chi connectivity index (χ2v) is 3.30. The van der Waals surface area contributed by atoms with E-state index in [2.05, 4.69) is 20.7 Å². The normalized spacial score (nSPS) is 9.50. The predicted molar refractivity (Wildman–Crippen MR) is 50.3 cm³/mol. The Kier molecular flexibility index (Phi) is 2.94. The molecule has 0 aliphatic heterocycles. The monoisotopic (exact) mass is 249 g/mol. The number of hydrogen-bond acceptors (Lipinski definition) is 3. The van der Waals surface area contributed by atoms with Gasteiger partial charge >= 0.3 is 0 Å². The molecule has 1 aromatic rings. The molecule has 0 heterocycles. The molecule has 5 heteroatoms. The van der Waals surface area contributed by atoms with Gasteiger partial charge in [0.1, 0.15) is 0 Å². The molecule has 0 radical (unpaired) electrons. The van der Waals surface area contributed by atoms with Crippen molar-refractivity contribution in [2.24, 2.45) is 0 Å². The number of carbonyl (C=O) groups is 1. The summed E-state index contributed by atoms with van der Waals surface area (Å²) in [4.78, 5) is 10.0. The first-order chi connectivity index (χ1) is 5.65. The molecule has 0 aliphatic rings. The molecule has 3 nitrogen and oxygen atoms in total. The number of rotatable bonds is 2. The maximum Gasteiger partial charge on any atom is 0.298 e. The van der Waals surface area contributed by atoms with Crippen LogP contribution in [-0.4, -0.2) is 6.47 Å². The topological polar surface area (TPSA) is 52.3 Å². The average Bonchev–Trinajstić information content (AvgIpc) is 2.00. The third-order valence-corrected chi connectivity index (χ3v) is 2.11. The number of halogens is 2. The van der Waals surface area contributed by atoms with Crippen LogP contribution in [0.1, 0.15) is 0 Å². The lowest BCUT2D eigenvalue weighted by Crippen LogP contribution is -1.95. The van der Waals surface area contributed by atoms with Gasteiger partial charge in [-0.3, -0.25) is 4.79 Å². The van der Waals surface area contributed by atoms with E-state index in [0.717, 1.165) is 0 Å². The first kappa shape index (κ1) is 9.35. The summed E-state index contributed by atoms with van der Waals surface area (Å²) in [6, 6.07) is 3.09. The van der Waals surface area contributed by atoms with Gasteiger partial charge in [-0.15, -0.1) is 0 Å². The van der Waals surface area contributed by atoms with Gasteiger partial charge < -0.3 is 10.5 Å². The van der Waals surface area contributed by atoms with Crippen molar-refractivity contribution in [3.63, 3.8) is 0 Å². The van der Waals surface area contributed by atoms with Crippen LogP contribution in [0.5, 0.6) is 5.75 Å². The molecule has 0 amide bonds. The number of hydrogen-bond donors (Lipinski definition) is 1. The standard InChI is InChI=1S/C7H5BrClNO2/c8-5-1-4(9)2-6(7(5)10)12-3-11/h1-3H,10H2. The Morgan fingerprint density at radius 3 is 2.83 bits per heavy atom. The summed E-state index contributed by atoms with van der Waals surface area (Å²) < 4.78 is 5.18. The van der Waals surface area contributed by atoms with Crippen molar-refractivity contribution in [3.05, 3.63) is 21.6 Å². The Bertz CT molecular complexity index is 317. The van der Waals surface area contributed by atoms with Gasteiger partial charge in [-0.1, -0.05) is 11.6 Å². The Balaban J connectivity index is 3.17. The Morgan fingerprint density at radius 1 is 1.58 bits per heavy atom. The largest absolute Gasteiger partial charge is 0.426 e. The van der Waals surface area contributed by atoms with Crippen LogP contribution in [0.3, 0.4) is 0 Å². The third kappa shape index (κ3) is 1.89. The van der Waals surface area contributed by atoms with Crippen LogP contribution in [0.15, 0.2) is 16.6 Å². The average molecular weight is 250 g/mol. The van der Waals surface area contributed by atoms with Crippen LogP contribution in [0.2, 0.25) is 5.02 Å². The molecule has 0 aromatic heterocycles. The zero-order valence-electron chi connectivity index (χ0n) is 5.88. The fourth-order valence-electron chi connectivity index (χ4n) is 0.710. The van der Waals surface area contributed by atoms with Gasteiger partial charge in [-0.05, 0) is 22.0 Å². The smallest absolute Gasteiger partial charge is 0.298 e. The van der Waals surface area contributed by atoms with E-state index in [0.29, 0.717) is 21.7 Å². The van der Waals surface area contributed by atoms with Crippen molar-refractivity contribution in [1.29, 1.82) is 0 Å². The van der Waals surface area contributed by atoms with Crippen LogP contribution < -0.4 is 10.5 Å². The second kappa shape index (κ2) is 3.78. The van der Waals surface area contributed by atoms with E-state index in [9.17, 15) is 4.79 Å². The van der Waals surface area contributed by atoms with Gasteiger partial charge in [0, 0.05) is 15.6 Å². The Labute approximate surface area is 82.6 Å². The summed E-state index contributed by atoms with van der Waals surface area (Å²) in [6.07, 6.45) is 0. The summed E-state index contributed by atoms with van der Waals surface area (Å²) in [6.45, 7) is 0.300. The van der Waals surface area contributed by atoms with Crippen LogP contribution in [0.25, 0.3) is 0 Å². The predicted octanol–water partition coefficient (Wildman–Crippen LogP) is 2.22. The van der Waals surface area contributed by atoms with E-state index in [1.165, 1.54) is 6.07 Å². The molecule has 0 aliphatic carbocycles. The van der Waals surface area contributed by atoms with Gasteiger partial charge in [0.15, 0.2) is 5.75 Å². The molecule has 64 valence electrons. The van der Waals surface area contributed by atoms with Crippen molar-refractivity contribution in [2.45, 2.75) is 0 Å². The first-order valence-electron chi connectivity index (χ1n) is 3.00. The fraction of sp³-hybridized carbons (Fsp3) is 0. The van der Waals surface area contributed by atoms with Gasteiger partial charge in [-0.2, -0.15) is 0 Å². The lowest BCUT2D eigenvalue weighted by molar-refractivity contribution is -0.120. The van der Waals surface area contributed by atoms with E-state index in [1.54, 1.807) is 6.07 Å². The molecular weight excluding hydrogens is 245 g/mol. The van der Waals surface area contributed by atoms with E-state index in [4.69, 9.17) is 17.3 Å². The highest BCUT2D eigenvalue weighted by atomic mass is 79.9. The molecule has 0 spiro atoms. The highest BCUT2D eigenvalue weighted by Gasteiger charge is 2.05. The van der Waals surface area contributed by atoms with E-state index in [1.807, 2.05) is 0 Å². The van der Waals surface area contributed by atoms with E-state index < -0.39 is 0 Å². The van der Waals surface area contributed by atoms with Gasteiger partial charge in [0.2, 0.25) is 0 Å². The maximum absolute atomic E-state index is 10.0. The van der Waals surface area contributed by atoms with Gasteiger partial charge in [-0.25, -0.2) is 0 Å². The van der Waals surface area contributed by atoms with Crippen LogP contribution in [-0.2, 0) is 4.79 Å². The van der Waals surface area contributed by atoms with Crippen molar-refractivity contribution >= 4 is 39.7 Å². The fourth-order valence-corrected chi connectivity index (χ4v) is 1.49. The number of anilines is 1. The molecule has 0 unspecified atom stereocenters. The number of carbonyl (C=O) groups excluding carboxylic acids is 1. The highest BCUT2D eigenvalue weighted by Crippen LogP contribution is 2.32. The van der Waals surface area contributed by atoms with Crippen LogP contribution in [0.4, 0.5) is 5.69 Å². The molecule has 12 heavy (non-hydrogen) atoms. The Morgan fingerprint density at radius 2 is 2.25 bits per heavy atom. The molecule has 0 saturated carbocycles. The zero-order chi connectivity index (χ0) is 9.14. The lowest BCUT2D eigenvalue weighted by atomic mass is 10.3. The quantitative estimate of drug-likeness (QED) is 0.647.